The average Bonchev–Trinajstić information content (AvgIpc) is 2.92. The van der Waals surface area contributed by atoms with Crippen molar-refractivity contribution in [2.75, 3.05) is 0 Å². The second-order valence-corrected chi connectivity index (χ2v) is 8.52. The molecule has 2 aliphatic rings. The Bertz CT molecular complexity index is 450. The molecular weight excluding hydrogens is 276 g/mol. The number of aromatic nitrogens is 1. The van der Waals surface area contributed by atoms with Crippen LogP contribution >= 0.6 is 11.3 Å². The molecule has 1 aromatic heterocycles. The summed E-state index contributed by atoms with van der Waals surface area (Å²) >= 11 is 2.00. The smallest absolute Gasteiger partial charge is 0.113 e. The minimum atomic E-state index is 0.0800. The van der Waals surface area contributed by atoms with Gasteiger partial charge in [0.2, 0.25) is 0 Å². The van der Waals surface area contributed by atoms with E-state index in [1.807, 2.05) is 11.3 Å². The standard InChI is InChI=1S/C18H30N2S/c1-13(2)20-18(3,14-9-5-4-6-10-14)17-19-15-11-7-8-12-16(15)21-17/h13-14,20H,4-12H2,1-3H3. The van der Waals surface area contributed by atoms with Crippen LogP contribution in [0.5, 0.6) is 0 Å². The molecular formula is C18H30N2S. The second-order valence-electron chi connectivity index (χ2n) is 7.43. The number of hydrogen-bond acceptors (Lipinski definition) is 3. The van der Waals surface area contributed by atoms with E-state index in [0.29, 0.717) is 6.04 Å². The first-order valence-electron chi connectivity index (χ1n) is 8.86. The summed E-state index contributed by atoms with van der Waals surface area (Å²) in [6, 6.07) is 0.512. The molecule has 3 rings (SSSR count). The van der Waals surface area contributed by atoms with Crippen LogP contribution < -0.4 is 5.32 Å². The summed E-state index contributed by atoms with van der Waals surface area (Å²) < 4.78 is 0. The van der Waals surface area contributed by atoms with E-state index in [-0.39, 0.29) is 5.54 Å². The highest BCUT2D eigenvalue weighted by Crippen LogP contribution is 2.42. The van der Waals surface area contributed by atoms with E-state index < -0.39 is 0 Å². The molecule has 1 fully saturated rings. The van der Waals surface area contributed by atoms with Gasteiger partial charge in [-0.05, 0) is 65.2 Å². The maximum absolute atomic E-state index is 5.11. The van der Waals surface area contributed by atoms with Crippen molar-refractivity contribution in [2.45, 2.75) is 90.1 Å². The molecule has 1 saturated carbocycles. The van der Waals surface area contributed by atoms with E-state index in [9.17, 15) is 0 Å². The van der Waals surface area contributed by atoms with Crippen molar-refractivity contribution in [2.24, 2.45) is 5.92 Å². The van der Waals surface area contributed by atoms with Gasteiger partial charge >= 0.3 is 0 Å². The lowest BCUT2D eigenvalue weighted by molar-refractivity contribution is 0.165. The van der Waals surface area contributed by atoms with Crippen LogP contribution in [0.2, 0.25) is 0 Å². The Morgan fingerprint density at radius 2 is 1.81 bits per heavy atom. The Labute approximate surface area is 133 Å². The third-order valence-corrected chi connectivity index (χ3v) is 6.69. The van der Waals surface area contributed by atoms with Gasteiger partial charge in [0.1, 0.15) is 5.01 Å². The van der Waals surface area contributed by atoms with Crippen molar-refractivity contribution < 1.29 is 0 Å². The molecule has 0 aromatic carbocycles. The normalized spacial score (nSPS) is 23.0. The first kappa shape index (κ1) is 15.5. The summed E-state index contributed by atoms with van der Waals surface area (Å²) in [4.78, 5) is 6.68. The lowest BCUT2D eigenvalue weighted by Crippen LogP contribution is -2.49. The predicted molar refractivity (Wildman–Crippen MR) is 91.0 cm³/mol. The quantitative estimate of drug-likeness (QED) is 0.863. The van der Waals surface area contributed by atoms with Crippen LogP contribution in [0.15, 0.2) is 0 Å². The van der Waals surface area contributed by atoms with Gasteiger partial charge in [-0.15, -0.1) is 11.3 Å². The van der Waals surface area contributed by atoms with Gasteiger partial charge in [0.05, 0.1) is 11.2 Å². The lowest BCUT2D eigenvalue weighted by atomic mass is 9.75. The molecule has 0 bridgehead atoms. The van der Waals surface area contributed by atoms with Gasteiger partial charge in [-0.1, -0.05) is 19.3 Å². The summed E-state index contributed by atoms with van der Waals surface area (Å²) in [5, 5.41) is 5.27. The molecule has 1 aromatic rings. The van der Waals surface area contributed by atoms with E-state index in [1.54, 1.807) is 4.88 Å². The summed E-state index contributed by atoms with van der Waals surface area (Å²) in [5.41, 5.74) is 1.49. The van der Waals surface area contributed by atoms with Crippen LogP contribution in [0.3, 0.4) is 0 Å². The summed E-state index contributed by atoms with van der Waals surface area (Å²) in [6.45, 7) is 6.97. The van der Waals surface area contributed by atoms with E-state index in [4.69, 9.17) is 4.98 Å². The first-order valence-corrected chi connectivity index (χ1v) is 9.68. The van der Waals surface area contributed by atoms with E-state index in [1.165, 1.54) is 68.5 Å². The predicted octanol–water partition coefficient (Wildman–Crippen LogP) is 4.82. The highest BCUT2D eigenvalue weighted by molar-refractivity contribution is 7.11. The minimum Gasteiger partial charge on any atom is -0.303 e. The molecule has 0 saturated heterocycles. The first-order chi connectivity index (χ1) is 10.1. The van der Waals surface area contributed by atoms with Gasteiger partial charge in [0.25, 0.3) is 0 Å². The van der Waals surface area contributed by atoms with Gasteiger partial charge in [0, 0.05) is 10.9 Å². The maximum Gasteiger partial charge on any atom is 0.113 e. The topological polar surface area (TPSA) is 24.9 Å². The van der Waals surface area contributed by atoms with Gasteiger partial charge in [-0.25, -0.2) is 4.98 Å². The largest absolute Gasteiger partial charge is 0.303 e. The van der Waals surface area contributed by atoms with Crippen molar-refractivity contribution in [3.8, 4) is 0 Å². The Morgan fingerprint density at radius 3 is 2.48 bits per heavy atom. The molecule has 1 unspecified atom stereocenters. The number of nitrogens with zero attached hydrogens (tertiary/aromatic N) is 1. The summed E-state index contributed by atoms with van der Waals surface area (Å²) in [6.07, 6.45) is 12.1. The highest BCUT2D eigenvalue weighted by Gasteiger charge is 2.40. The molecule has 2 nitrogen and oxygen atoms in total. The Balaban J connectivity index is 1.91. The van der Waals surface area contributed by atoms with Gasteiger partial charge in [-0.3, -0.25) is 0 Å². The van der Waals surface area contributed by atoms with E-state index in [0.717, 1.165) is 5.92 Å². The number of rotatable bonds is 4. The number of nitrogens with one attached hydrogen (secondary N) is 1. The molecule has 118 valence electrons. The van der Waals surface area contributed by atoms with Crippen LogP contribution in [0.1, 0.15) is 81.3 Å². The molecule has 1 N–H and O–H groups in total. The molecule has 2 aliphatic carbocycles. The van der Waals surface area contributed by atoms with Gasteiger partial charge in [-0.2, -0.15) is 0 Å². The molecule has 0 spiro atoms. The van der Waals surface area contributed by atoms with Crippen molar-refractivity contribution in [3.05, 3.63) is 15.6 Å². The van der Waals surface area contributed by atoms with Crippen molar-refractivity contribution >= 4 is 11.3 Å². The lowest BCUT2D eigenvalue weighted by Gasteiger charge is -2.40. The average molecular weight is 307 g/mol. The number of thiazole rings is 1. The molecule has 1 heterocycles. The Morgan fingerprint density at radius 1 is 1.10 bits per heavy atom. The summed E-state index contributed by atoms with van der Waals surface area (Å²) in [5.74, 6) is 0.751. The van der Waals surface area contributed by atoms with Crippen molar-refractivity contribution in [1.82, 2.24) is 10.3 Å². The number of aryl methyl sites for hydroxylation is 2. The zero-order valence-corrected chi connectivity index (χ0v) is 14.7. The zero-order chi connectivity index (χ0) is 14.9. The number of fused-ring (bicyclic) bond motifs is 1. The van der Waals surface area contributed by atoms with Crippen LogP contribution in [0.4, 0.5) is 0 Å². The Hall–Kier alpha value is -0.410. The fourth-order valence-corrected chi connectivity index (χ4v) is 5.55. The monoisotopic (exact) mass is 306 g/mol. The molecule has 3 heteroatoms. The third kappa shape index (κ3) is 3.19. The van der Waals surface area contributed by atoms with Crippen LogP contribution in [0.25, 0.3) is 0 Å². The fraction of sp³-hybridized carbons (Fsp3) is 0.833. The number of hydrogen-bond donors (Lipinski definition) is 1. The van der Waals surface area contributed by atoms with Gasteiger partial charge in [0.15, 0.2) is 0 Å². The molecule has 0 amide bonds. The zero-order valence-electron chi connectivity index (χ0n) is 13.9. The maximum atomic E-state index is 5.11. The molecule has 21 heavy (non-hydrogen) atoms. The van der Waals surface area contributed by atoms with Crippen LogP contribution in [-0.4, -0.2) is 11.0 Å². The second kappa shape index (κ2) is 6.37. The Kier molecular flexibility index (Phi) is 4.70. The molecule has 0 radical (unpaired) electrons. The fourth-order valence-electron chi connectivity index (χ4n) is 4.21. The van der Waals surface area contributed by atoms with Gasteiger partial charge < -0.3 is 5.32 Å². The minimum absolute atomic E-state index is 0.0800. The SMILES string of the molecule is CC(C)NC(C)(c1nc2c(s1)CCCC2)C1CCCCC1. The van der Waals surface area contributed by atoms with Crippen LogP contribution in [-0.2, 0) is 18.4 Å². The summed E-state index contributed by atoms with van der Waals surface area (Å²) in [7, 11) is 0. The molecule has 0 aliphatic heterocycles. The third-order valence-electron chi connectivity index (χ3n) is 5.30. The van der Waals surface area contributed by atoms with Crippen molar-refractivity contribution in [3.63, 3.8) is 0 Å². The van der Waals surface area contributed by atoms with E-state index >= 15 is 0 Å². The van der Waals surface area contributed by atoms with E-state index in [2.05, 4.69) is 26.1 Å². The van der Waals surface area contributed by atoms with Crippen molar-refractivity contribution in [1.29, 1.82) is 0 Å². The van der Waals surface area contributed by atoms with Crippen LogP contribution in [0, 0.1) is 5.92 Å². The molecule has 1 atom stereocenters. The highest BCUT2D eigenvalue weighted by atomic mass is 32.1.